The molecule has 1 unspecified atom stereocenters. The molecule has 0 spiro atoms. The highest BCUT2D eigenvalue weighted by Crippen LogP contribution is 2.34. The van der Waals surface area contributed by atoms with Crippen molar-refractivity contribution in [2.45, 2.75) is 78.6 Å². The maximum atomic E-state index is 14.7. The molecule has 5 rings (SSSR count). The van der Waals surface area contributed by atoms with Crippen LogP contribution < -0.4 is 5.56 Å². The number of alkyl halides is 3. The van der Waals surface area contributed by atoms with Crippen LogP contribution in [0.4, 0.5) is 22.0 Å². The summed E-state index contributed by atoms with van der Waals surface area (Å²) in [7, 11) is 0. The van der Waals surface area contributed by atoms with Crippen molar-refractivity contribution in [1.29, 1.82) is 0 Å². The smallest absolute Gasteiger partial charge is 0.336 e. The first-order valence-corrected chi connectivity index (χ1v) is 17.0. The monoisotopic (exact) mass is 682 g/mol. The van der Waals surface area contributed by atoms with Crippen LogP contribution in [0.5, 0.6) is 0 Å². The second kappa shape index (κ2) is 15.6. The van der Waals surface area contributed by atoms with Gasteiger partial charge < -0.3 is 14.4 Å². The fraction of sp³-hybridized carbons (Fsp3) is 0.447. The number of carbonyl (C=O) groups excluding carboxylic acids is 1. The molecule has 1 heterocycles. The van der Waals surface area contributed by atoms with Gasteiger partial charge in [-0.1, -0.05) is 57.2 Å². The van der Waals surface area contributed by atoms with E-state index in [2.05, 4.69) is 23.7 Å². The third kappa shape index (κ3) is 8.73. The summed E-state index contributed by atoms with van der Waals surface area (Å²) >= 11 is 0. The first-order chi connectivity index (χ1) is 23.4. The maximum absolute atomic E-state index is 14.7. The minimum atomic E-state index is -4.41. The van der Waals surface area contributed by atoms with E-state index >= 15 is 0 Å². The normalized spacial score (nSPS) is 16.3. The molecule has 0 N–H and O–H groups in total. The van der Waals surface area contributed by atoms with Crippen molar-refractivity contribution in [1.82, 2.24) is 19.4 Å². The molecule has 11 heteroatoms. The number of hydrogen-bond donors (Lipinski definition) is 0. The number of aryl methyl sites for hydroxylation is 1. The number of rotatable bonds is 13. The van der Waals surface area contributed by atoms with Gasteiger partial charge in [0.1, 0.15) is 12.4 Å². The van der Waals surface area contributed by atoms with Crippen LogP contribution >= 0.6 is 0 Å². The number of aromatic nitrogens is 2. The highest BCUT2D eigenvalue weighted by atomic mass is 19.4. The highest BCUT2D eigenvalue weighted by molar-refractivity contribution is 5.76. The Bertz CT molecular complexity index is 1760. The van der Waals surface area contributed by atoms with Gasteiger partial charge in [0, 0.05) is 37.3 Å². The van der Waals surface area contributed by atoms with Gasteiger partial charge in [-0.05, 0) is 91.6 Å². The van der Waals surface area contributed by atoms with E-state index in [4.69, 9.17) is 0 Å². The molecule has 1 aromatic heterocycles. The molecule has 0 bridgehead atoms. The van der Waals surface area contributed by atoms with Gasteiger partial charge in [-0.2, -0.15) is 18.2 Å². The Morgan fingerprint density at radius 1 is 0.939 bits per heavy atom. The second-order valence-electron chi connectivity index (χ2n) is 12.9. The SMILES string of the molecule is CCN(CC)CCN(Cc1ccc(-c2ccc(C(F)(F)F)cc2)cc1)C(=O)Cn1c(CCC2=C(F)C(F)=CC(C)C2)nc(=O)c2c1CCC2. The summed E-state index contributed by atoms with van der Waals surface area (Å²) in [6.07, 6.45) is -0.383. The van der Waals surface area contributed by atoms with E-state index in [0.717, 1.165) is 48.5 Å². The Balaban J connectivity index is 1.38. The lowest BCUT2D eigenvalue weighted by molar-refractivity contribution is -0.137. The van der Waals surface area contributed by atoms with E-state index in [9.17, 15) is 31.5 Å². The molecule has 1 atom stereocenters. The molecule has 2 aliphatic carbocycles. The molecule has 3 aromatic rings. The lowest BCUT2D eigenvalue weighted by Gasteiger charge is -2.28. The van der Waals surface area contributed by atoms with Crippen molar-refractivity contribution < 1.29 is 26.7 Å². The van der Waals surface area contributed by atoms with E-state index < -0.39 is 23.4 Å². The topological polar surface area (TPSA) is 58.4 Å². The molecular weight excluding hydrogens is 639 g/mol. The van der Waals surface area contributed by atoms with Crippen molar-refractivity contribution in [3.63, 3.8) is 0 Å². The lowest BCUT2D eigenvalue weighted by atomic mass is 9.91. The first kappa shape index (κ1) is 36.2. The van der Waals surface area contributed by atoms with Crippen molar-refractivity contribution in [3.05, 3.63) is 110 Å². The number of carbonyl (C=O) groups is 1. The maximum Gasteiger partial charge on any atom is 0.416 e. The average Bonchev–Trinajstić information content (AvgIpc) is 3.58. The van der Waals surface area contributed by atoms with Gasteiger partial charge in [-0.3, -0.25) is 9.59 Å². The molecule has 0 fully saturated rings. The Hall–Kier alpha value is -4.12. The Morgan fingerprint density at radius 2 is 1.59 bits per heavy atom. The summed E-state index contributed by atoms with van der Waals surface area (Å²) in [5, 5.41) is 0. The molecular formula is C38H43F5N4O2. The predicted molar refractivity (Wildman–Crippen MR) is 180 cm³/mol. The van der Waals surface area contributed by atoms with Crippen LogP contribution in [0.25, 0.3) is 11.1 Å². The van der Waals surface area contributed by atoms with Crippen LogP contribution in [-0.4, -0.2) is 51.4 Å². The van der Waals surface area contributed by atoms with Gasteiger partial charge in [-0.25, -0.2) is 8.78 Å². The minimum absolute atomic E-state index is 0.0426. The van der Waals surface area contributed by atoms with E-state index in [1.54, 1.807) is 4.90 Å². The third-order valence-electron chi connectivity index (χ3n) is 9.58. The fourth-order valence-electron chi connectivity index (χ4n) is 6.74. The molecule has 49 heavy (non-hydrogen) atoms. The number of hydrogen-bond acceptors (Lipinski definition) is 4. The summed E-state index contributed by atoms with van der Waals surface area (Å²) in [4.78, 5) is 35.5. The number of benzene rings is 2. The van der Waals surface area contributed by atoms with Gasteiger partial charge in [0.2, 0.25) is 5.91 Å². The molecule has 0 saturated carbocycles. The van der Waals surface area contributed by atoms with Crippen LogP contribution in [0, 0.1) is 5.92 Å². The highest BCUT2D eigenvalue weighted by Gasteiger charge is 2.30. The van der Waals surface area contributed by atoms with Crippen LogP contribution in [0.15, 0.2) is 76.6 Å². The molecule has 2 aliphatic rings. The van der Waals surface area contributed by atoms with E-state index in [-0.39, 0.29) is 36.8 Å². The van der Waals surface area contributed by atoms with Gasteiger partial charge in [0.05, 0.1) is 5.56 Å². The standard InChI is InChI=1S/C38H43F5N4O2/c1-4-45(5-2)19-20-46(23-26-9-11-27(12-10-26)28-13-16-30(17-14-28)38(41,42)43)35(48)24-47-33-8-6-7-31(33)37(49)44-34(47)18-15-29-21-25(3)22-32(39)36(29)40/h9-14,16-17,22,25H,4-8,15,18-21,23-24H2,1-3H3. The van der Waals surface area contributed by atoms with Crippen molar-refractivity contribution in [3.8, 4) is 11.1 Å². The zero-order chi connectivity index (χ0) is 35.3. The second-order valence-corrected chi connectivity index (χ2v) is 12.9. The fourth-order valence-corrected chi connectivity index (χ4v) is 6.74. The number of halogens is 5. The summed E-state index contributed by atoms with van der Waals surface area (Å²) in [5.41, 5.74) is 2.97. The van der Waals surface area contributed by atoms with Crippen LogP contribution in [0.3, 0.4) is 0 Å². The molecule has 2 aromatic carbocycles. The molecule has 0 saturated heterocycles. The van der Waals surface area contributed by atoms with Crippen LogP contribution in [0.1, 0.15) is 68.2 Å². The Kier molecular flexibility index (Phi) is 11.5. The summed E-state index contributed by atoms with van der Waals surface area (Å²) < 4.78 is 69.8. The largest absolute Gasteiger partial charge is 0.416 e. The van der Waals surface area contributed by atoms with Crippen LogP contribution in [-0.2, 0) is 43.3 Å². The summed E-state index contributed by atoms with van der Waals surface area (Å²) in [6, 6.07) is 12.4. The summed E-state index contributed by atoms with van der Waals surface area (Å²) in [5.74, 6) is -1.62. The van der Waals surface area contributed by atoms with E-state index in [1.807, 2.05) is 35.8 Å². The van der Waals surface area contributed by atoms with E-state index in [0.29, 0.717) is 61.4 Å². The number of allylic oxidation sites excluding steroid dienone is 4. The predicted octanol–water partition coefficient (Wildman–Crippen LogP) is 7.84. The van der Waals surface area contributed by atoms with E-state index in [1.165, 1.54) is 18.2 Å². The Morgan fingerprint density at radius 3 is 2.22 bits per heavy atom. The number of amides is 1. The zero-order valence-corrected chi connectivity index (χ0v) is 28.3. The molecule has 0 radical (unpaired) electrons. The van der Waals surface area contributed by atoms with Crippen molar-refractivity contribution in [2.24, 2.45) is 5.92 Å². The van der Waals surface area contributed by atoms with Crippen LogP contribution in [0.2, 0.25) is 0 Å². The van der Waals surface area contributed by atoms with Gasteiger partial charge in [0.25, 0.3) is 5.56 Å². The number of fused-ring (bicyclic) bond motifs is 1. The molecule has 6 nitrogen and oxygen atoms in total. The lowest BCUT2D eigenvalue weighted by Crippen LogP contribution is -2.40. The number of likely N-dealkylation sites (N-methyl/N-ethyl adjacent to an activating group) is 1. The zero-order valence-electron chi connectivity index (χ0n) is 28.3. The minimum Gasteiger partial charge on any atom is -0.336 e. The Labute approximate surface area is 284 Å². The van der Waals surface area contributed by atoms with Gasteiger partial charge in [-0.15, -0.1) is 0 Å². The van der Waals surface area contributed by atoms with Gasteiger partial charge in [0.15, 0.2) is 11.7 Å². The molecule has 262 valence electrons. The van der Waals surface area contributed by atoms with Gasteiger partial charge >= 0.3 is 6.18 Å². The molecule has 0 aliphatic heterocycles. The number of nitrogens with zero attached hydrogens (tertiary/aromatic N) is 4. The average molecular weight is 683 g/mol. The van der Waals surface area contributed by atoms with Crippen molar-refractivity contribution in [2.75, 3.05) is 26.2 Å². The molecule has 1 amide bonds. The quantitative estimate of drug-likeness (QED) is 0.173. The first-order valence-electron chi connectivity index (χ1n) is 17.0. The van der Waals surface area contributed by atoms with Crippen molar-refractivity contribution >= 4 is 5.91 Å². The third-order valence-corrected chi connectivity index (χ3v) is 9.58. The summed E-state index contributed by atoms with van der Waals surface area (Å²) in [6.45, 7) is 8.95.